The average Bonchev–Trinajstić information content (AvgIpc) is 2.45. The summed E-state index contributed by atoms with van der Waals surface area (Å²) >= 11 is 0. The standard InChI is InChI=1S/C15H19NO4/c16-15(18)20-19-10-9-11-1-3-12(4-2-11)13-5-7-14(17)8-6-13/h1-4,13H,5-10H2,(H2,16,18). The van der Waals surface area contributed by atoms with E-state index in [1.54, 1.807) is 0 Å². The van der Waals surface area contributed by atoms with Crippen molar-refractivity contribution >= 4 is 11.9 Å². The smallest absolute Gasteiger partial charge is 0.333 e. The van der Waals surface area contributed by atoms with Gasteiger partial charge in [0.05, 0.1) is 6.61 Å². The average molecular weight is 277 g/mol. The van der Waals surface area contributed by atoms with Gasteiger partial charge < -0.3 is 5.73 Å². The van der Waals surface area contributed by atoms with E-state index in [1.165, 1.54) is 5.56 Å². The second kappa shape index (κ2) is 7.05. The fourth-order valence-corrected chi connectivity index (χ4v) is 2.49. The van der Waals surface area contributed by atoms with Gasteiger partial charge in [0, 0.05) is 12.8 Å². The maximum atomic E-state index is 11.2. The summed E-state index contributed by atoms with van der Waals surface area (Å²) in [6, 6.07) is 8.29. The molecule has 0 saturated heterocycles. The van der Waals surface area contributed by atoms with Crippen LogP contribution in [0.25, 0.3) is 0 Å². The number of amides is 1. The van der Waals surface area contributed by atoms with E-state index in [2.05, 4.69) is 21.9 Å². The topological polar surface area (TPSA) is 78.6 Å². The van der Waals surface area contributed by atoms with E-state index < -0.39 is 6.09 Å². The molecule has 0 heterocycles. The third kappa shape index (κ3) is 4.35. The fourth-order valence-electron chi connectivity index (χ4n) is 2.49. The van der Waals surface area contributed by atoms with Crippen molar-refractivity contribution in [2.45, 2.75) is 38.0 Å². The highest BCUT2D eigenvalue weighted by Crippen LogP contribution is 2.31. The number of rotatable bonds is 5. The molecule has 1 fully saturated rings. The van der Waals surface area contributed by atoms with Gasteiger partial charge >= 0.3 is 6.09 Å². The maximum Gasteiger partial charge on any atom is 0.436 e. The summed E-state index contributed by atoms with van der Waals surface area (Å²) in [7, 11) is 0. The van der Waals surface area contributed by atoms with Crippen molar-refractivity contribution in [3.8, 4) is 0 Å². The predicted molar refractivity (Wildman–Crippen MR) is 73.0 cm³/mol. The lowest BCUT2D eigenvalue weighted by Gasteiger charge is -2.21. The van der Waals surface area contributed by atoms with Gasteiger partial charge in [-0.3, -0.25) is 9.68 Å². The van der Waals surface area contributed by atoms with Crippen LogP contribution in [0.2, 0.25) is 0 Å². The van der Waals surface area contributed by atoms with E-state index in [0.717, 1.165) is 18.4 Å². The van der Waals surface area contributed by atoms with Gasteiger partial charge in [-0.2, -0.15) is 4.89 Å². The highest BCUT2D eigenvalue weighted by molar-refractivity contribution is 5.79. The van der Waals surface area contributed by atoms with E-state index in [-0.39, 0.29) is 6.61 Å². The molecule has 0 bridgehead atoms. The third-order valence-electron chi connectivity index (χ3n) is 3.61. The van der Waals surface area contributed by atoms with Crippen LogP contribution in [0.1, 0.15) is 42.7 Å². The molecule has 1 saturated carbocycles. The molecule has 0 aliphatic heterocycles. The Hall–Kier alpha value is -1.88. The van der Waals surface area contributed by atoms with Crippen molar-refractivity contribution in [1.29, 1.82) is 0 Å². The number of Topliss-reactive ketones (excluding diaryl/α,β-unsaturated/α-hetero) is 1. The predicted octanol–water partition coefficient (Wildman–Crippen LogP) is 2.48. The lowest BCUT2D eigenvalue weighted by molar-refractivity contribution is -0.235. The van der Waals surface area contributed by atoms with Gasteiger partial charge in [0.25, 0.3) is 0 Å². The first-order chi connectivity index (χ1) is 9.65. The van der Waals surface area contributed by atoms with Crippen molar-refractivity contribution in [1.82, 2.24) is 0 Å². The number of ketones is 1. The van der Waals surface area contributed by atoms with Crippen molar-refractivity contribution in [2.75, 3.05) is 6.61 Å². The Bertz CT molecular complexity index is 459. The van der Waals surface area contributed by atoms with E-state index in [1.807, 2.05) is 12.1 Å². The number of benzene rings is 1. The summed E-state index contributed by atoms with van der Waals surface area (Å²) in [5.74, 6) is 0.876. The van der Waals surface area contributed by atoms with Gasteiger partial charge in [0.1, 0.15) is 5.78 Å². The summed E-state index contributed by atoms with van der Waals surface area (Å²) in [5, 5.41) is 0. The number of nitrogens with two attached hydrogens (primary N) is 1. The number of carbonyl (C=O) groups is 2. The van der Waals surface area contributed by atoms with E-state index in [9.17, 15) is 9.59 Å². The highest BCUT2D eigenvalue weighted by atomic mass is 17.2. The summed E-state index contributed by atoms with van der Waals surface area (Å²) < 4.78 is 0. The second-order valence-electron chi connectivity index (χ2n) is 5.03. The van der Waals surface area contributed by atoms with Crippen molar-refractivity contribution in [2.24, 2.45) is 5.73 Å². The Balaban J connectivity index is 1.80. The molecule has 1 amide bonds. The molecule has 1 aromatic rings. The molecule has 2 N–H and O–H groups in total. The molecule has 1 aromatic carbocycles. The first-order valence-electron chi connectivity index (χ1n) is 6.84. The lowest BCUT2D eigenvalue weighted by Crippen LogP contribution is -2.14. The van der Waals surface area contributed by atoms with Crippen LogP contribution in [0, 0.1) is 0 Å². The van der Waals surface area contributed by atoms with E-state index >= 15 is 0 Å². The van der Waals surface area contributed by atoms with Gasteiger partial charge in [0.2, 0.25) is 0 Å². The van der Waals surface area contributed by atoms with Crippen LogP contribution in [0.5, 0.6) is 0 Å². The quantitative estimate of drug-likeness (QED) is 0.509. The zero-order valence-corrected chi connectivity index (χ0v) is 11.3. The Morgan fingerprint density at radius 1 is 1.20 bits per heavy atom. The summed E-state index contributed by atoms with van der Waals surface area (Å²) in [5.41, 5.74) is 7.17. The van der Waals surface area contributed by atoms with Crippen LogP contribution >= 0.6 is 0 Å². The molecule has 0 unspecified atom stereocenters. The summed E-state index contributed by atoms with van der Waals surface area (Å²) in [6.45, 7) is 0.278. The van der Waals surface area contributed by atoms with E-state index in [0.29, 0.717) is 31.0 Å². The number of hydrogen-bond acceptors (Lipinski definition) is 4. The van der Waals surface area contributed by atoms with Crippen molar-refractivity contribution < 1.29 is 19.4 Å². The Kier molecular flexibility index (Phi) is 5.12. The Morgan fingerprint density at radius 3 is 2.45 bits per heavy atom. The Labute approximate surface area is 118 Å². The molecule has 5 nitrogen and oxygen atoms in total. The van der Waals surface area contributed by atoms with Crippen molar-refractivity contribution in [3.63, 3.8) is 0 Å². The largest absolute Gasteiger partial charge is 0.436 e. The monoisotopic (exact) mass is 277 g/mol. The van der Waals surface area contributed by atoms with Crippen LogP contribution in [0.3, 0.4) is 0 Å². The molecule has 2 rings (SSSR count). The van der Waals surface area contributed by atoms with Crippen LogP contribution in [0.15, 0.2) is 24.3 Å². The van der Waals surface area contributed by atoms with Crippen LogP contribution in [0.4, 0.5) is 4.79 Å². The highest BCUT2D eigenvalue weighted by Gasteiger charge is 2.19. The molecule has 108 valence electrons. The molecule has 0 spiro atoms. The first kappa shape index (κ1) is 14.5. The zero-order valence-electron chi connectivity index (χ0n) is 11.3. The molecule has 0 aromatic heterocycles. The Morgan fingerprint density at radius 2 is 1.85 bits per heavy atom. The molecule has 1 aliphatic carbocycles. The van der Waals surface area contributed by atoms with Gasteiger partial charge in [-0.15, -0.1) is 0 Å². The van der Waals surface area contributed by atoms with Gasteiger partial charge in [0.15, 0.2) is 0 Å². The SMILES string of the molecule is NC(=O)OOCCc1ccc(C2CCC(=O)CC2)cc1. The van der Waals surface area contributed by atoms with Gasteiger partial charge in [-0.25, -0.2) is 4.79 Å². The van der Waals surface area contributed by atoms with Crippen molar-refractivity contribution in [3.05, 3.63) is 35.4 Å². The summed E-state index contributed by atoms with van der Waals surface area (Å²) in [6.07, 6.45) is 3.01. The molecule has 5 heteroatoms. The number of hydrogen-bond donors (Lipinski definition) is 1. The first-order valence-corrected chi connectivity index (χ1v) is 6.84. The normalized spacial score (nSPS) is 16.1. The molecular weight excluding hydrogens is 258 g/mol. The second-order valence-corrected chi connectivity index (χ2v) is 5.03. The molecular formula is C15H19NO4. The van der Waals surface area contributed by atoms with Gasteiger partial charge in [-0.05, 0) is 36.3 Å². The van der Waals surface area contributed by atoms with Crippen LogP contribution in [-0.2, 0) is 21.0 Å². The lowest BCUT2D eigenvalue weighted by atomic mass is 9.83. The van der Waals surface area contributed by atoms with Gasteiger partial charge in [-0.1, -0.05) is 24.3 Å². The minimum absolute atomic E-state index is 0.278. The van der Waals surface area contributed by atoms with Crippen LogP contribution < -0.4 is 5.73 Å². The maximum absolute atomic E-state index is 11.2. The minimum atomic E-state index is -0.938. The number of carbonyl (C=O) groups excluding carboxylic acids is 2. The molecule has 1 aliphatic rings. The minimum Gasteiger partial charge on any atom is -0.333 e. The molecule has 20 heavy (non-hydrogen) atoms. The van der Waals surface area contributed by atoms with Crippen LogP contribution in [-0.4, -0.2) is 18.5 Å². The molecule has 0 radical (unpaired) electrons. The number of primary amides is 1. The zero-order chi connectivity index (χ0) is 14.4. The third-order valence-corrected chi connectivity index (χ3v) is 3.61. The van der Waals surface area contributed by atoms with E-state index in [4.69, 9.17) is 5.73 Å². The molecule has 0 atom stereocenters. The fraction of sp³-hybridized carbons (Fsp3) is 0.467. The summed E-state index contributed by atoms with van der Waals surface area (Å²) in [4.78, 5) is 30.4.